The first-order valence-corrected chi connectivity index (χ1v) is 13.6. The lowest BCUT2D eigenvalue weighted by Crippen LogP contribution is -2.61. The molecule has 3 rings (SSSR count). The Bertz CT molecular complexity index is 893. The minimum atomic E-state index is -1.07. The monoisotopic (exact) mass is 518 g/mol. The van der Waals surface area contributed by atoms with Gasteiger partial charge >= 0.3 is 5.97 Å². The highest BCUT2D eigenvalue weighted by atomic mass is 16.6. The summed E-state index contributed by atoms with van der Waals surface area (Å²) in [5, 5.41) is 9.54. The minimum Gasteiger partial charge on any atom is -0.465 e. The maximum absolute atomic E-state index is 14.4. The van der Waals surface area contributed by atoms with Crippen LogP contribution in [0.1, 0.15) is 73.1 Å². The van der Waals surface area contributed by atoms with Crippen LogP contribution in [-0.2, 0) is 23.9 Å². The molecule has 3 heterocycles. The second-order valence-corrected chi connectivity index (χ2v) is 12.6. The SMILES string of the molecule is C=CCCCOC(=O)[C@@H]1[C@@H]2CCC3(O2)C(C(=O)N(CC=C)C(C)(C)CC(C)(C)C)N(CCCO)C(=O)[C@H]13. The van der Waals surface area contributed by atoms with Crippen LogP contribution in [0.2, 0.25) is 0 Å². The molecule has 0 aliphatic carbocycles. The molecule has 0 saturated carbocycles. The summed E-state index contributed by atoms with van der Waals surface area (Å²) in [5.41, 5.74) is -1.62. The number of ether oxygens (including phenoxy) is 2. The minimum absolute atomic E-state index is 0.0329. The number of esters is 1. The van der Waals surface area contributed by atoms with Crippen molar-refractivity contribution in [2.45, 2.75) is 96.4 Å². The molecule has 1 spiro atoms. The lowest BCUT2D eigenvalue weighted by molar-refractivity contribution is -0.156. The normalized spacial score (nSPS) is 28.8. The lowest BCUT2D eigenvalue weighted by atomic mass is 9.70. The van der Waals surface area contributed by atoms with E-state index in [1.165, 1.54) is 0 Å². The molecule has 2 unspecified atom stereocenters. The van der Waals surface area contributed by atoms with Gasteiger partial charge in [0.1, 0.15) is 11.6 Å². The second kappa shape index (κ2) is 11.3. The van der Waals surface area contributed by atoms with Crippen LogP contribution in [0, 0.1) is 17.3 Å². The number of hydrogen-bond donors (Lipinski definition) is 1. The van der Waals surface area contributed by atoms with Crippen molar-refractivity contribution in [3.8, 4) is 0 Å². The first kappa shape index (κ1) is 29.4. The van der Waals surface area contributed by atoms with Gasteiger partial charge < -0.3 is 24.4 Å². The molecular formula is C29H46N2O6. The predicted octanol–water partition coefficient (Wildman–Crippen LogP) is 3.48. The van der Waals surface area contributed by atoms with E-state index in [1.807, 2.05) is 18.7 Å². The fraction of sp³-hybridized carbons (Fsp3) is 0.759. The van der Waals surface area contributed by atoms with Crippen LogP contribution in [0.4, 0.5) is 0 Å². The molecule has 5 atom stereocenters. The Morgan fingerprint density at radius 3 is 2.51 bits per heavy atom. The van der Waals surface area contributed by atoms with E-state index in [0.717, 1.165) is 12.8 Å². The number of aliphatic hydroxyl groups is 1. The molecule has 3 aliphatic heterocycles. The summed E-state index contributed by atoms with van der Waals surface area (Å²) in [6.45, 7) is 18.8. The van der Waals surface area contributed by atoms with Crippen molar-refractivity contribution < 1.29 is 29.0 Å². The van der Waals surface area contributed by atoms with E-state index in [0.29, 0.717) is 32.2 Å². The van der Waals surface area contributed by atoms with Crippen molar-refractivity contribution in [1.29, 1.82) is 0 Å². The summed E-state index contributed by atoms with van der Waals surface area (Å²) in [6, 6.07) is -0.862. The molecule has 1 N–H and O–H groups in total. The molecule has 0 aromatic rings. The Hall–Kier alpha value is -2.19. The van der Waals surface area contributed by atoms with E-state index in [2.05, 4.69) is 33.9 Å². The quantitative estimate of drug-likeness (QED) is 0.228. The van der Waals surface area contributed by atoms with Crippen molar-refractivity contribution in [1.82, 2.24) is 9.80 Å². The number of amides is 2. The maximum Gasteiger partial charge on any atom is 0.312 e. The highest BCUT2D eigenvalue weighted by Crippen LogP contribution is 2.59. The molecule has 3 aliphatic rings. The zero-order chi connectivity index (χ0) is 27.6. The topological polar surface area (TPSA) is 96.4 Å². The molecular weight excluding hydrogens is 472 g/mol. The van der Waals surface area contributed by atoms with Gasteiger partial charge in [0.2, 0.25) is 11.8 Å². The molecule has 0 aromatic heterocycles. The molecule has 3 fully saturated rings. The van der Waals surface area contributed by atoms with E-state index in [-0.39, 0.29) is 37.0 Å². The Morgan fingerprint density at radius 2 is 1.92 bits per heavy atom. The molecule has 8 nitrogen and oxygen atoms in total. The lowest BCUT2D eigenvalue weighted by Gasteiger charge is -2.45. The summed E-state index contributed by atoms with van der Waals surface area (Å²) in [4.78, 5) is 44.9. The van der Waals surface area contributed by atoms with Crippen LogP contribution in [0.3, 0.4) is 0 Å². The average Bonchev–Trinajstić information content (AvgIpc) is 3.44. The van der Waals surface area contributed by atoms with Crippen molar-refractivity contribution in [3.05, 3.63) is 25.3 Å². The summed E-state index contributed by atoms with van der Waals surface area (Å²) in [7, 11) is 0. The average molecular weight is 519 g/mol. The van der Waals surface area contributed by atoms with Crippen molar-refractivity contribution in [2.75, 3.05) is 26.3 Å². The summed E-state index contributed by atoms with van der Waals surface area (Å²) < 4.78 is 12.0. The van der Waals surface area contributed by atoms with Gasteiger partial charge in [0.15, 0.2) is 0 Å². The van der Waals surface area contributed by atoms with Crippen molar-refractivity contribution >= 4 is 17.8 Å². The van der Waals surface area contributed by atoms with Gasteiger partial charge in [0.05, 0.1) is 24.5 Å². The number of aliphatic hydroxyl groups excluding tert-OH is 1. The number of nitrogens with zero attached hydrogens (tertiary/aromatic N) is 2. The van der Waals surface area contributed by atoms with Crippen molar-refractivity contribution in [3.63, 3.8) is 0 Å². The Kier molecular flexibility index (Phi) is 8.95. The first-order chi connectivity index (χ1) is 17.3. The molecule has 208 valence electrons. The third-order valence-electron chi connectivity index (χ3n) is 7.93. The Morgan fingerprint density at radius 1 is 1.22 bits per heavy atom. The van der Waals surface area contributed by atoms with E-state index < -0.39 is 41.1 Å². The van der Waals surface area contributed by atoms with Gasteiger partial charge in [-0.1, -0.05) is 32.9 Å². The summed E-state index contributed by atoms with van der Waals surface area (Å²) in [5.74, 6) is -2.37. The van der Waals surface area contributed by atoms with Crippen LogP contribution in [0.15, 0.2) is 25.3 Å². The number of likely N-dealkylation sites (tertiary alicyclic amines) is 1. The molecule has 0 aromatic carbocycles. The molecule has 3 saturated heterocycles. The number of unbranched alkanes of at least 4 members (excludes halogenated alkanes) is 1. The van der Waals surface area contributed by atoms with Gasteiger partial charge in [-0.2, -0.15) is 0 Å². The first-order valence-electron chi connectivity index (χ1n) is 13.6. The number of hydrogen-bond acceptors (Lipinski definition) is 6. The van der Waals surface area contributed by atoms with Gasteiger partial charge in [0, 0.05) is 25.2 Å². The van der Waals surface area contributed by atoms with Gasteiger partial charge in [-0.05, 0) is 57.8 Å². The predicted molar refractivity (Wildman–Crippen MR) is 141 cm³/mol. The second-order valence-electron chi connectivity index (χ2n) is 12.6. The number of carbonyl (C=O) groups is 3. The highest BCUT2D eigenvalue weighted by molar-refractivity contribution is 5.98. The van der Waals surface area contributed by atoms with E-state index >= 15 is 0 Å². The van der Waals surface area contributed by atoms with E-state index in [9.17, 15) is 19.5 Å². The molecule has 8 heteroatoms. The number of carbonyl (C=O) groups excluding carboxylic acids is 3. The number of fused-ring (bicyclic) bond motifs is 1. The fourth-order valence-electron chi connectivity index (χ4n) is 6.98. The zero-order valence-corrected chi connectivity index (χ0v) is 23.3. The fourth-order valence-corrected chi connectivity index (χ4v) is 6.98. The summed E-state index contributed by atoms with van der Waals surface area (Å²) in [6.07, 6.45) is 6.66. The molecule has 2 bridgehead atoms. The zero-order valence-electron chi connectivity index (χ0n) is 23.3. The van der Waals surface area contributed by atoms with Crippen LogP contribution < -0.4 is 0 Å². The van der Waals surface area contributed by atoms with E-state index in [4.69, 9.17) is 9.47 Å². The van der Waals surface area contributed by atoms with Gasteiger partial charge in [0.25, 0.3) is 0 Å². The summed E-state index contributed by atoms with van der Waals surface area (Å²) >= 11 is 0. The standard InChI is InChI=1S/C29H46N2O6/c1-8-10-11-18-36-26(35)21-20-13-14-29(37-20)22(21)24(33)30(16-12-17-32)23(29)25(34)31(15-9-2)28(6,7)19-27(3,4)5/h8-9,20-23,32H,1-2,10-19H2,3-7H3/t20-,21+,22-,23?,29?/m0/s1. The largest absolute Gasteiger partial charge is 0.465 e. The maximum atomic E-state index is 14.4. The highest BCUT2D eigenvalue weighted by Gasteiger charge is 2.75. The van der Waals surface area contributed by atoms with Gasteiger partial charge in [-0.25, -0.2) is 0 Å². The Labute approximate surface area is 222 Å². The Balaban J connectivity index is 1.97. The molecule has 37 heavy (non-hydrogen) atoms. The number of rotatable bonds is 13. The third-order valence-corrected chi connectivity index (χ3v) is 7.93. The molecule has 0 radical (unpaired) electrons. The van der Waals surface area contributed by atoms with Crippen molar-refractivity contribution in [2.24, 2.45) is 17.3 Å². The third kappa shape index (κ3) is 5.65. The van der Waals surface area contributed by atoms with Gasteiger partial charge in [-0.15, -0.1) is 13.2 Å². The van der Waals surface area contributed by atoms with Crippen LogP contribution in [-0.4, -0.2) is 82.3 Å². The number of allylic oxidation sites excluding steroid dienone is 1. The van der Waals surface area contributed by atoms with E-state index in [1.54, 1.807) is 17.1 Å². The van der Waals surface area contributed by atoms with Crippen LogP contribution >= 0.6 is 0 Å². The molecule has 2 amide bonds. The smallest absolute Gasteiger partial charge is 0.312 e. The van der Waals surface area contributed by atoms with Crippen LogP contribution in [0.25, 0.3) is 0 Å². The van der Waals surface area contributed by atoms with Gasteiger partial charge in [-0.3, -0.25) is 14.4 Å². The van der Waals surface area contributed by atoms with Crippen LogP contribution in [0.5, 0.6) is 0 Å².